The predicted octanol–water partition coefficient (Wildman–Crippen LogP) is 3.69. The maximum atomic E-state index is 12.4. The Balaban J connectivity index is 2.08. The number of benzene rings is 1. The van der Waals surface area contributed by atoms with Crippen molar-refractivity contribution < 1.29 is 9.53 Å². The second-order valence-electron chi connectivity index (χ2n) is 6.14. The minimum absolute atomic E-state index is 0.129. The van der Waals surface area contributed by atoms with E-state index in [1.807, 2.05) is 13.0 Å². The predicted molar refractivity (Wildman–Crippen MR) is 94.6 cm³/mol. The number of nitriles is 1. The van der Waals surface area contributed by atoms with E-state index in [2.05, 4.69) is 24.1 Å². The van der Waals surface area contributed by atoms with E-state index >= 15 is 0 Å². The highest BCUT2D eigenvalue weighted by Crippen LogP contribution is 2.24. The van der Waals surface area contributed by atoms with Gasteiger partial charge in [-0.15, -0.1) is 0 Å². The van der Waals surface area contributed by atoms with Gasteiger partial charge in [0.15, 0.2) is 0 Å². The lowest BCUT2D eigenvalue weighted by Crippen LogP contribution is -2.40. The van der Waals surface area contributed by atoms with Gasteiger partial charge in [-0.1, -0.05) is 0 Å². The summed E-state index contributed by atoms with van der Waals surface area (Å²) in [4.78, 5) is 14.5. The Hall–Kier alpha value is -2.48. The number of carbonyl (C=O) groups is 1. The van der Waals surface area contributed by atoms with Crippen LogP contribution in [0, 0.1) is 11.3 Å². The SMILES string of the molecule is CCOc1ccc(NC(=O)/C(C#N)=C\N2C(C)CCCC2C)cc1. The highest BCUT2D eigenvalue weighted by molar-refractivity contribution is 6.06. The maximum absolute atomic E-state index is 12.4. The number of nitrogens with one attached hydrogen (secondary N) is 1. The second kappa shape index (κ2) is 8.39. The molecule has 0 spiro atoms. The van der Waals surface area contributed by atoms with Gasteiger partial charge in [0.05, 0.1) is 6.61 Å². The van der Waals surface area contributed by atoms with Crippen LogP contribution in [-0.4, -0.2) is 29.5 Å². The lowest BCUT2D eigenvalue weighted by atomic mass is 9.98. The van der Waals surface area contributed by atoms with Gasteiger partial charge in [0, 0.05) is 24.0 Å². The maximum Gasteiger partial charge on any atom is 0.267 e. The molecule has 1 saturated heterocycles. The summed E-state index contributed by atoms with van der Waals surface area (Å²) < 4.78 is 5.38. The Morgan fingerprint density at radius 1 is 1.33 bits per heavy atom. The fourth-order valence-corrected chi connectivity index (χ4v) is 2.98. The van der Waals surface area contributed by atoms with E-state index in [0.717, 1.165) is 18.6 Å². The number of amides is 1. The van der Waals surface area contributed by atoms with Gasteiger partial charge in [-0.3, -0.25) is 4.79 Å². The molecule has 1 N–H and O–H groups in total. The molecular formula is C19H25N3O2. The first-order valence-corrected chi connectivity index (χ1v) is 8.48. The van der Waals surface area contributed by atoms with Gasteiger partial charge in [-0.05, 0) is 64.3 Å². The van der Waals surface area contributed by atoms with Crippen molar-refractivity contribution in [2.75, 3.05) is 11.9 Å². The summed E-state index contributed by atoms with van der Waals surface area (Å²) >= 11 is 0. The van der Waals surface area contributed by atoms with Crippen LogP contribution in [0.25, 0.3) is 0 Å². The Labute approximate surface area is 143 Å². The summed E-state index contributed by atoms with van der Waals surface area (Å²) in [5.74, 6) is 0.370. The second-order valence-corrected chi connectivity index (χ2v) is 6.14. The van der Waals surface area contributed by atoms with E-state index in [1.54, 1.807) is 30.5 Å². The highest BCUT2D eigenvalue weighted by atomic mass is 16.5. The van der Waals surface area contributed by atoms with E-state index in [4.69, 9.17) is 4.74 Å². The molecular weight excluding hydrogens is 302 g/mol. The van der Waals surface area contributed by atoms with Crippen LogP contribution in [0.4, 0.5) is 5.69 Å². The van der Waals surface area contributed by atoms with Crippen molar-refractivity contribution in [1.29, 1.82) is 5.26 Å². The van der Waals surface area contributed by atoms with Crippen LogP contribution in [0.3, 0.4) is 0 Å². The number of anilines is 1. The van der Waals surface area contributed by atoms with Crippen LogP contribution in [0.2, 0.25) is 0 Å². The Morgan fingerprint density at radius 3 is 2.50 bits per heavy atom. The first kappa shape index (κ1) is 17.9. The van der Waals surface area contributed by atoms with Gasteiger partial charge in [0.25, 0.3) is 5.91 Å². The molecule has 0 aromatic heterocycles. The van der Waals surface area contributed by atoms with Crippen molar-refractivity contribution in [3.63, 3.8) is 0 Å². The van der Waals surface area contributed by atoms with Gasteiger partial charge in [0.1, 0.15) is 17.4 Å². The Bertz CT molecular complexity index is 621. The summed E-state index contributed by atoms with van der Waals surface area (Å²) in [6.07, 6.45) is 5.06. The third kappa shape index (κ3) is 4.51. The summed E-state index contributed by atoms with van der Waals surface area (Å²) in [7, 11) is 0. The minimum Gasteiger partial charge on any atom is -0.494 e. The Morgan fingerprint density at radius 2 is 1.96 bits per heavy atom. The molecule has 0 bridgehead atoms. The van der Waals surface area contributed by atoms with E-state index in [-0.39, 0.29) is 11.5 Å². The zero-order valence-electron chi connectivity index (χ0n) is 14.6. The number of hydrogen-bond donors (Lipinski definition) is 1. The molecule has 1 aliphatic heterocycles. The molecule has 2 unspecified atom stereocenters. The van der Waals surface area contributed by atoms with Gasteiger partial charge in [-0.25, -0.2) is 0 Å². The number of ether oxygens (including phenoxy) is 1. The van der Waals surface area contributed by atoms with Crippen LogP contribution < -0.4 is 10.1 Å². The number of rotatable bonds is 5. The normalized spacial score (nSPS) is 21.1. The van der Waals surface area contributed by atoms with Gasteiger partial charge in [0.2, 0.25) is 0 Å². The molecule has 1 fully saturated rings. The first-order chi connectivity index (χ1) is 11.5. The standard InChI is InChI=1S/C19H25N3O2/c1-4-24-18-10-8-17(9-11-18)21-19(23)16(12-20)13-22-14(2)6-5-7-15(22)3/h8-11,13-15H,4-7H2,1-3H3,(H,21,23)/b16-13-. The molecule has 2 atom stereocenters. The molecule has 128 valence electrons. The fourth-order valence-electron chi connectivity index (χ4n) is 2.98. The average Bonchev–Trinajstić information content (AvgIpc) is 2.56. The fraction of sp³-hybridized carbons (Fsp3) is 0.474. The van der Waals surface area contributed by atoms with Crippen LogP contribution in [0.1, 0.15) is 40.0 Å². The minimum atomic E-state index is -0.383. The summed E-state index contributed by atoms with van der Waals surface area (Å²) in [5.41, 5.74) is 0.772. The van der Waals surface area contributed by atoms with Crippen molar-refractivity contribution in [1.82, 2.24) is 4.90 Å². The summed E-state index contributed by atoms with van der Waals surface area (Å²) in [5, 5.41) is 12.1. The molecule has 0 radical (unpaired) electrons. The molecule has 2 rings (SSSR count). The third-order valence-corrected chi connectivity index (χ3v) is 4.33. The zero-order chi connectivity index (χ0) is 17.5. The van der Waals surface area contributed by atoms with E-state index in [9.17, 15) is 10.1 Å². The molecule has 5 heteroatoms. The Kier molecular flexibility index (Phi) is 6.25. The van der Waals surface area contributed by atoms with Gasteiger partial charge < -0.3 is 15.0 Å². The van der Waals surface area contributed by atoms with Gasteiger partial charge in [-0.2, -0.15) is 5.26 Å². The van der Waals surface area contributed by atoms with Crippen LogP contribution in [0.5, 0.6) is 5.75 Å². The smallest absolute Gasteiger partial charge is 0.267 e. The van der Waals surface area contributed by atoms with Crippen LogP contribution in [0.15, 0.2) is 36.0 Å². The van der Waals surface area contributed by atoms with E-state index in [0.29, 0.717) is 24.4 Å². The summed E-state index contributed by atoms with van der Waals surface area (Å²) in [6, 6.07) is 9.84. The van der Waals surface area contributed by atoms with Crippen molar-refractivity contribution in [2.45, 2.75) is 52.1 Å². The molecule has 1 aromatic carbocycles. The first-order valence-electron chi connectivity index (χ1n) is 8.48. The lowest BCUT2D eigenvalue weighted by Gasteiger charge is -2.38. The quantitative estimate of drug-likeness (QED) is 0.661. The molecule has 24 heavy (non-hydrogen) atoms. The van der Waals surface area contributed by atoms with Crippen molar-refractivity contribution in [2.24, 2.45) is 0 Å². The van der Waals surface area contributed by atoms with Gasteiger partial charge >= 0.3 is 0 Å². The average molecular weight is 327 g/mol. The van der Waals surface area contributed by atoms with Crippen LogP contribution >= 0.6 is 0 Å². The summed E-state index contributed by atoms with van der Waals surface area (Å²) in [6.45, 7) is 6.78. The number of nitrogens with zero attached hydrogens (tertiary/aromatic N) is 2. The van der Waals surface area contributed by atoms with E-state index in [1.165, 1.54) is 6.42 Å². The van der Waals surface area contributed by atoms with Crippen molar-refractivity contribution >= 4 is 11.6 Å². The molecule has 1 heterocycles. The molecule has 1 aliphatic rings. The zero-order valence-corrected chi connectivity index (χ0v) is 14.6. The highest BCUT2D eigenvalue weighted by Gasteiger charge is 2.23. The molecule has 0 aliphatic carbocycles. The number of piperidine rings is 1. The number of hydrogen-bond acceptors (Lipinski definition) is 4. The van der Waals surface area contributed by atoms with E-state index < -0.39 is 0 Å². The molecule has 5 nitrogen and oxygen atoms in total. The number of likely N-dealkylation sites (tertiary alicyclic amines) is 1. The van der Waals surface area contributed by atoms with Crippen molar-refractivity contribution in [3.05, 3.63) is 36.0 Å². The lowest BCUT2D eigenvalue weighted by molar-refractivity contribution is -0.112. The van der Waals surface area contributed by atoms with Crippen molar-refractivity contribution in [3.8, 4) is 11.8 Å². The molecule has 0 saturated carbocycles. The largest absolute Gasteiger partial charge is 0.494 e. The number of carbonyl (C=O) groups excluding carboxylic acids is 1. The van der Waals surface area contributed by atoms with Crippen LogP contribution in [-0.2, 0) is 4.79 Å². The topological polar surface area (TPSA) is 65.4 Å². The third-order valence-electron chi connectivity index (χ3n) is 4.33. The monoisotopic (exact) mass is 327 g/mol. The molecule has 1 aromatic rings. The molecule has 1 amide bonds.